The van der Waals surface area contributed by atoms with Crippen LogP contribution in [0.25, 0.3) is 0 Å². The number of aliphatic carboxylic acids is 1. The smallest absolute Gasteiger partial charge is 0.306 e. The zero-order valence-electron chi connectivity index (χ0n) is 8.67. The number of nitrogens with one attached hydrogen (secondary N) is 2. The lowest BCUT2D eigenvalue weighted by Crippen LogP contribution is -2.35. The molecule has 1 atom stereocenters. The average Bonchev–Trinajstić information content (AvgIpc) is 2.14. The Hall–Kier alpha value is -1.10. The number of carbonyl (C=O) groups is 2. The number of likely N-dealkylation sites (N-methyl/N-ethyl adjacent to an activating group) is 1. The molecule has 82 valence electrons. The first kappa shape index (κ1) is 12.9. The first-order valence-corrected chi connectivity index (χ1v) is 4.78. The zero-order valence-corrected chi connectivity index (χ0v) is 8.67. The van der Waals surface area contributed by atoms with Crippen molar-refractivity contribution in [3.8, 4) is 0 Å². The Kier molecular flexibility index (Phi) is 6.74. The van der Waals surface area contributed by atoms with Gasteiger partial charge < -0.3 is 15.7 Å². The van der Waals surface area contributed by atoms with Crippen LogP contribution in [0.5, 0.6) is 0 Å². The van der Waals surface area contributed by atoms with Gasteiger partial charge in [0, 0.05) is 6.54 Å². The minimum atomic E-state index is -0.828. The van der Waals surface area contributed by atoms with E-state index < -0.39 is 11.9 Å². The number of hydrogen-bond donors (Lipinski definition) is 3. The highest BCUT2D eigenvalue weighted by Gasteiger charge is 2.10. The normalized spacial score (nSPS) is 12.1. The van der Waals surface area contributed by atoms with E-state index in [-0.39, 0.29) is 12.5 Å². The van der Waals surface area contributed by atoms with Crippen LogP contribution in [-0.4, -0.2) is 36.6 Å². The Labute approximate surface area is 83.9 Å². The van der Waals surface area contributed by atoms with Gasteiger partial charge in [0.25, 0.3) is 0 Å². The molecule has 0 aliphatic carbocycles. The van der Waals surface area contributed by atoms with Crippen molar-refractivity contribution in [1.82, 2.24) is 10.6 Å². The van der Waals surface area contributed by atoms with Crippen molar-refractivity contribution < 1.29 is 14.7 Å². The fraction of sp³-hybridized carbons (Fsp3) is 0.778. The van der Waals surface area contributed by atoms with Gasteiger partial charge in [-0.05, 0) is 13.0 Å². The van der Waals surface area contributed by atoms with Crippen LogP contribution < -0.4 is 10.6 Å². The maximum atomic E-state index is 11.0. The molecule has 0 spiro atoms. The Morgan fingerprint density at radius 3 is 2.57 bits per heavy atom. The molecule has 14 heavy (non-hydrogen) atoms. The Balaban J connectivity index is 3.44. The van der Waals surface area contributed by atoms with Crippen molar-refractivity contribution in [3.63, 3.8) is 0 Å². The second-order valence-electron chi connectivity index (χ2n) is 3.16. The van der Waals surface area contributed by atoms with Gasteiger partial charge >= 0.3 is 5.97 Å². The molecule has 0 aromatic heterocycles. The van der Waals surface area contributed by atoms with Crippen LogP contribution in [0, 0.1) is 5.92 Å². The fourth-order valence-electron chi connectivity index (χ4n) is 0.853. The maximum absolute atomic E-state index is 11.0. The van der Waals surface area contributed by atoms with Gasteiger partial charge in [-0.15, -0.1) is 0 Å². The standard InChI is InChI=1S/C9H18N2O3/c1-3-10-6-8(12)11-5-4-7(2)9(13)14/h7,10H,3-6H2,1-2H3,(H,11,12)(H,13,14). The third-order valence-electron chi connectivity index (χ3n) is 1.86. The minimum Gasteiger partial charge on any atom is -0.481 e. The van der Waals surface area contributed by atoms with Crippen molar-refractivity contribution in [2.75, 3.05) is 19.6 Å². The van der Waals surface area contributed by atoms with Gasteiger partial charge in [0.15, 0.2) is 0 Å². The van der Waals surface area contributed by atoms with Gasteiger partial charge in [-0.2, -0.15) is 0 Å². The third-order valence-corrected chi connectivity index (χ3v) is 1.86. The van der Waals surface area contributed by atoms with Gasteiger partial charge in [0.05, 0.1) is 12.5 Å². The van der Waals surface area contributed by atoms with Crippen LogP contribution in [0.3, 0.4) is 0 Å². The zero-order chi connectivity index (χ0) is 11.0. The maximum Gasteiger partial charge on any atom is 0.306 e. The van der Waals surface area contributed by atoms with Crippen molar-refractivity contribution in [1.29, 1.82) is 0 Å². The molecule has 0 radical (unpaired) electrons. The second kappa shape index (κ2) is 7.32. The second-order valence-corrected chi connectivity index (χ2v) is 3.16. The Morgan fingerprint density at radius 2 is 2.07 bits per heavy atom. The molecule has 0 aliphatic rings. The Morgan fingerprint density at radius 1 is 1.43 bits per heavy atom. The quantitative estimate of drug-likeness (QED) is 0.535. The van der Waals surface area contributed by atoms with Crippen LogP contribution in [0.15, 0.2) is 0 Å². The topological polar surface area (TPSA) is 78.4 Å². The molecule has 0 fully saturated rings. The predicted molar refractivity (Wildman–Crippen MR) is 53.0 cm³/mol. The molecule has 0 aromatic carbocycles. The number of carbonyl (C=O) groups excluding carboxylic acids is 1. The predicted octanol–water partition coefficient (Wildman–Crippen LogP) is -0.177. The number of hydrogen-bond acceptors (Lipinski definition) is 3. The summed E-state index contributed by atoms with van der Waals surface area (Å²) in [5.74, 6) is -1.33. The molecule has 5 nitrogen and oxygen atoms in total. The first-order valence-electron chi connectivity index (χ1n) is 4.78. The van der Waals surface area contributed by atoms with Crippen LogP contribution in [-0.2, 0) is 9.59 Å². The van der Waals surface area contributed by atoms with E-state index in [2.05, 4.69) is 10.6 Å². The van der Waals surface area contributed by atoms with Crippen LogP contribution in [0.1, 0.15) is 20.3 Å². The molecule has 5 heteroatoms. The third kappa shape index (κ3) is 6.42. The first-order chi connectivity index (χ1) is 6.57. The van der Waals surface area contributed by atoms with Crippen LogP contribution >= 0.6 is 0 Å². The molecular weight excluding hydrogens is 184 g/mol. The van der Waals surface area contributed by atoms with E-state index in [1.54, 1.807) is 6.92 Å². The van der Waals surface area contributed by atoms with Crippen molar-refractivity contribution >= 4 is 11.9 Å². The highest BCUT2D eigenvalue weighted by molar-refractivity contribution is 5.78. The Bertz CT molecular complexity index is 194. The van der Waals surface area contributed by atoms with E-state index >= 15 is 0 Å². The number of carboxylic acids is 1. The summed E-state index contributed by atoms with van der Waals surface area (Å²) >= 11 is 0. The monoisotopic (exact) mass is 202 g/mol. The number of amides is 1. The van der Waals surface area contributed by atoms with Crippen molar-refractivity contribution in [2.45, 2.75) is 20.3 Å². The van der Waals surface area contributed by atoms with Crippen molar-refractivity contribution in [3.05, 3.63) is 0 Å². The summed E-state index contributed by atoms with van der Waals surface area (Å²) in [6.45, 7) is 4.99. The van der Waals surface area contributed by atoms with Gasteiger partial charge in [-0.3, -0.25) is 9.59 Å². The molecule has 1 amide bonds. The van der Waals surface area contributed by atoms with Gasteiger partial charge in [0.2, 0.25) is 5.91 Å². The minimum absolute atomic E-state index is 0.0931. The number of carboxylic acid groups (broad SMARTS) is 1. The van der Waals surface area contributed by atoms with Crippen LogP contribution in [0.4, 0.5) is 0 Å². The lowest BCUT2D eigenvalue weighted by Gasteiger charge is -2.07. The highest BCUT2D eigenvalue weighted by atomic mass is 16.4. The van der Waals surface area contributed by atoms with Crippen molar-refractivity contribution in [2.24, 2.45) is 5.92 Å². The lowest BCUT2D eigenvalue weighted by atomic mass is 10.1. The van der Waals surface area contributed by atoms with Crippen LogP contribution in [0.2, 0.25) is 0 Å². The molecular formula is C9H18N2O3. The number of rotatable bonds is 7. The molecule has 0 aliphatic heterocycles. The summed E-state index contributed by atoms with van der Waals surface area (Å²) in [5, 5.41) is 14.1. The SMILES string of the molecule is CCNCC(=O)NCCC(C)C(=O)O. The molecule has 0 heterocycles. The van der Waals surface area contributed by atoms with E-state index in [9.17, 15) is 9.59 Å². The largest absolute Gasteiger partial charge is 0.481 e. The molecule has 0 bridgehead atoms. The van der Waals surface area contributed by atoms with E-state index in [4.69, 9.17) is 5.11 Å². The molecule has 0 saturated carbocycles. The molecule has 1 unspecified atom stereocenters. The van der Waals surface area contributed by atoms with E-state index in [0.29, 0.717) is 13.0 Å². The summed E-state index contributed by atoms with van der Waals surface area (Å²) < 4.78 is 0. The molecule has 3 N–H and O–H groups in total. The summed E-state index contributed by atoms with van der Waals surface area (Å²) in [6.07, 6.45) is 0.465. The summed E-state index contributed by atoms with van der Waals surface area (Å²) in [4.78, 5) is 21.5. The highest BCUT2D eigenvalue weighted by Crippen LogP contribution is 1.99. The average molecular weight is 202 g/mol. The summed E-state index contributed by atoms with van der Waals surface area (Å²) in [6, 6.07) is 0. The van der Waals surface area contributed by atoms with Gasteiger partial charge in [0.1, 0.15) is 0 Å². The summed E-state index contributed by atoms with van der Waals surface area (Å²) in [5.41, 5.74) is 0. The molecule has 0 saturated heterocycles. The molecule has 0 rings (SSSR count). The fourth-order valence-corrected chi connectivity index (χ4v) is 0.853. The van der Waals surface area contributed by atoms with Gasteiger partial charge in [-0.25, -0.2) is 0 Å². The van der Waals surface area contributed by atoms with E-state index in [1.165, 1.54) is 0 Å². The molecule has 0 aromatic rings. The van der Waals surface area contributed by atoms with E-state index in [0.717, 1.165) is 6.54 Å². The van der Waals surface area contributed by atoms with E-state index in [1.807, 2.05) is 6.92 Å². The van der Waals surface area contributed by atoms with Gasteiger partial charge in [-0.1, -0.05) is 13.8 Å². The lowest BCUT2D eigenvalue weighted by molar-refractivity contribution is -0.141. The summed E-state index contributed by atoms with van der Waals surface area (Å²) in [7, 11) is 0.